The maximum Gasteiger partial charge on any atom is 0.311 e. The predicted molar refractivity (Wildman–Crippen MR) is 51.3 cm³/mol. The number of aliphatic carboxylic acids is 1. The van der Waals surface area contributed by atoms with Crippen molar-refractivity contribution in [2.75, 3.05) is 12.4 Å². The minimum atomic E-state index is -0.901. The van der Waals surface area contributed by atoms with Crippen molar-refractivity contribution < 1.29 is 9.90 Å². The second-order valence-electron chi connectivity index (χ2n) is 3.22. The molecule has 0 unspecified atom stereocenters. The number of carboxylic acids is 1. The summed E-state index contributed by atoms with van der Waals surface area (Å²) in [5, 5.41) is 19.2. The Labute approximate surface area is 82.0 Å². The van der Waals surface area contributed by atoms with Crippen LogP contribution < -0.4 is 5.32 Å². The molecule has 1 aromatic heterocycles. The van der Waals surface area contributed by atoms with Gasteiger partial charge in [-0.2, -0.15) is 0 Å². The molecule has 0 saturated carbocycles. The third-order valence-corrected chi connectivity index (χ3v) is 1.82. The molecule has 6 heteroatoms. The van der Waals surface area contributed by atoms with Crippen LogP contribution >= 0.6 is 0 Å². The van der Waals surface area contributed by atoms with Crippen molar-refractivity contribution in [1.29, 1.82) is 0 Å². The average Bonchev–Trinajstić information content (AvgIpc) is 2.46. The summed E-state index contributed by atoms with van der Waals surface area (Å²) in [4.78, 5) is 10.5. The molecule has 0 aliphatic heterocycles. The number of nitrogens with one attached hydrogen (secondary N) is 1. The number of anilines is 1. The lowest BCUT2D eigenvalue weighted by Crippen LogP contribution is -2.13. The van der Waals surface area contributed by atoms with Gasteiger partial charge in [-0.25, -0.2) is 0 Å². The van der Waals surface area contributed by atoms with Gasteiger partial charge in [0.25, 0.3) is 0 Å². The van der Waals surface area contributed by atoms with E-state index in [-0.39, 0.29) is 12.5 Å². The highest BCUT2D eigenvalue weighted by Crippen LogP contribution is 2.15. The van der Waals surface area contributed by atoms with Crippen LogP contribution in [0.1, 0.15) is 25.7 Å². The van der Waals surface area contributed by atoms with Crippen LogP contribution in [0.25, 0.3) is 0 Å². The van der Waals surface area contributed by atoms with Crippen molar-refractivity contribution in [2.24, 2.45) is 0 Å². The molecule has 0 saturated heterocycles. The molecule has 0 radical (unpaired) electrons. The van der Waals surface area contributed by atoms with Gasteiger partial charge in [-0.3, -0.25) is 9.36 Å². The number of carbonyl (C=O) groups is 1. The van der Waals surface area contributed by atoms with Crippen molar-refractivity contribution in [3.8, 4) is 0 Å². The van der Waals surface area contributed by atoms with Gasteiger partial charge < -0.3 is 10.4 Å². The fourth-order valence-electron chi connectivity index (χ4n) is 1.29. The molecule has 0 amide bonds. The monoisotopic (exact) mass is 198 g/mol. The first kappa shape index (κ1) is 10.5. The van der Waals surface area contributed by atoms with Crippen molar-refractivity contribution in [3.05, 3.63) is 5.82 Å². The summed E-state index contributed by atoms with van der Waals surface area (Å²) in [6, 6.07) is 0.141. The quantitative estimate of drug-likeness (QED) is 0.737. The summed E-state index contributed by atoms with van der Waals surface area (Å²) in [5.41, 5.74) is 0. The second-order valence-corrected chi connectivity index (χ2v) is 3.22. The number of hydrogen-bond donors (Lipinski definition) is 2. The summed E-state index contributed by atoms with van der Waals surface area (Å²) in [5.74, 6) is 0.162. The third-order valence-electron chi connectivity index (χ3n) is 1.82. The van der Waals surface area contributed by atoms with E-state index in [0.717, 1.165) is 0 Å². The normalized spacial score (nSPS) is 10.6. The molecule has 0 fully saturated rings. The van der Waals surface area contributed by atoms with Crippen LogP contribution in [0, 0.1) is 0 Å². The maximum atomic E-state index is 10.5. The SMILES string of the molecule is CNc1nnc(CC(=O)O)n1C(C)C. The molecular formula is C8H14N4O2. The van der Waals surface area contributed by atoms with E-state index in [1.165, 1.54) is 0 Å². The lowest BCUT2D eigenvalue weighted by Gasteiger charge is -2.12. The van der Waals surface area contributed by atoms with Gasteiger partial charge in [0.15, 0.2) is 0 Å². The molecule has 0 atom stereocenters. The minimum absolute atomic E-state index is 0.104. The van der Waals surface area contributed by atoms with Crippen LogP contribution in [0.2, 0.25) is 0 Å². The zero-order valence-corrected chi connectivity index (χ0v) is 8.48. The van der Waals surface area contributed by atoms with E-state index in [0.29, 0.717) is 11.8 Å². The summed E-state index contributed by atoms with van der Waals surface area (Å²) < 4.78 is 1.77. The molecule has 1 aromatic rings. The van der Waals surface area contributed by atoms with Crippen molar-refractivity contribution >= 4 is 11.9 Å². The Balaban J connectivity index is 3.04. The van der Waals surface area contributed by atoms with E-state index in [1.807, 2.05) is 13.8 Å². The highest BCUT2D eigenvalue weighted by molar-refractivity contribution is 5.69. The number of nitrogens with zero attached hydrogens (tertiary/aromatic N) is 3. The molecular weight excluding hydrogens is 184 g/mol. The summed E-state index contributed by atoms with van der Waals surface area (Å²) in [6.45, 7) is 3.91. The lowest BCUT2D eigenvalue weighted by atomic mass is 10.3. The van der Waals surface area contributed by atoms with Crippen LogP contribution in [-0.2, 0) is 11.2 Å². The molecule has 0 aliphatic rings. The van der Waals surface area contributed by atoms with Crippen molar-refractivity contribution in [1.82, 2.24) is 14.8 Å². The zero-order valence-electron chi connectivity index (χ0n) is 8.48. The smallest absolute Gasteiger partial charge is 0.311 e. The van der Waals surface area contributed by atoms with E-state index >= 15 is 0 Å². The molecule has 0 aliphatic carbocycles. The van der Waals surface area contributed by atoms with E-state index in [9.17, 15) is 4.79 Å². The van der Waals surface area contributed by atoms with E-state index < -0.39 is 5.97 Å². The van der Waals surface area contributed by atoms with Crippen molar-refractivity contribution in [3.63, 3.8) is 0 Å². The number of hydrogen-bond acceptors (Lipinski definition) is 4. The molecule has 1 heterocycles. The van der Waals surface area contributed by atoms with Crippen molar-refractivity contribution in [2.45, 2.75) is 26.3 Å². The Morgan fingerprint density at radius 3 is 2.64 bits per heavy atom. The van der Waals surface area contributed by atoms with E-state index in [2.05, 4.69) is 15.5 Å². The highest BCUT2D eigenvalue weighted by Gasteiger charge is 2.15. The first-order valence-corrected chi connectivity index (χ1v) is 4.39. The molecule has 0 spiro atoms. The largest absolute Gasteiger partial charge is 0.481 e. The topological polar surface area (TPSA) is 80.0 Å². The summed E-state index contributed by atoms with van der Waals surface area (Å²) in [7, 11) is 1.73. The Morgan fingerprint density at radius 2 is 2.21 bits per heavy atom. The molecule has 14 heavy (non-hydrogen) atoms. The standard InChI is InChI=1S/C8H14N4O2/c1-5(2)12-6(4-7(13)14)10-11-8(12)9-3/h5H,4H2,1-3H3,(H,9,11)(H,13,14). The minimum Gasteiger partial charge on any atom is -0.481 e. The van der Waals surface area contributed by atoms with Crippen LogP contribution in [0.5, 0.6) is 0 Å². The Hall–Kier alpha value is -1.59. The zero-order chi connectivity index (χ0) is 10.7. The van der Waals surface area contributed by atoms with Gasteiger partial charge in [-0.15, -0.1) is 10.2 Å². The molecule has 6 nitrogen and oxygen atoms in total. The van der Waals surface area contributed by atoms with Gasteiger partial charge in [-0.1, -0.05) is 0 Å². The Bertz CT molecular complexity index is 332. The van der Waals surface area contributed by atoms with Crippen LogP contribution in [-0.4, -0.2) is 32.9 Å². The van der Waals surface area contributed by atoms with Gasteiger partial charge in [-0.05, 0) is 13.8 Å². The van der Waals surface area contributed by atoms with E-state index in [4.69, 9.17) is 5.11 Å². The summed E-state index contributed by atoms with van der Waals surface area (Å²) in [6.07, 6.45) is -0.104. The highest BCUT2D eigenvalue weighted by atomic mass is 16.4. The second kappa shape index (κ2) is 4.08. The van der Waals surface area contributed by atoms with Crippen LogP contribution in [0.3, 0.4) is 0 Å². The molecule has 0 bridgehead atoms. The number of rotatable bonds is 4. The molecule has 2 N–H and O–H groups in total. The van der Waals surface area contributed by atoms with Gasteiger partial charge in [0.1, 0.15) is 12.2 Å². The first-order chi connectivity index (χ1) is 6.56. The van der Waals surface area contributed by atoms with Gasteiger partial charge >= 0.3 is 5.97 Å². The number of aromatic nitrogens is 3. The summed E-state index contributed by atoms with van der Waals surface area (Å²) >= 11 is 0. The fourth-order valence-corrected chi connectivity index (χ4v) is 1.29. The first-order valence-electron chi connectivity index (χ1n) is 4.39. The molecule has 1 rings (SSSR count). The maximum absolute atomic E-state index is 10.5. The third kappa shape index (κ3) is 2.01. The number of carboxylic acid groups (broad SMARTS) is 1. The van der Waals surface area contributed by atoms with E-state index in [1.54, 1.807) is 11.6 Å². The molecule has 0 aromatic carbocycles. The van der Waals surface area contributed by atoms with Gasteiger partial charge in [0.2, 0.25) is 5.95 Å². The average molecular weight is 198 g/mol. The Morgan fingerprint density at radius 1 is 1.57 bits per heavy atom. The van der Waals surface area contributed by atoms with Crippen LogP contribution in [0.15, 0.2) is 0 Å². The Kier molecular flexibility index (Phi) is 3.06. The molecule has 78 valence electrons. The lowest BCUT2D eigenvalue weighted by molar-refractivity contribution is -0.136. The van der Waals surface area contributed by atoms with Gasteiger partial charge in [0.05, 0.1) is 0 Å². The fraction of sp³-hybridized carbons (Fsp3) is 0.625. The van der Waals surface area contributed by atoms with Gasteiger partial charge in [0, 0.05) is 13.1 Å². The van der Waals surface area contributed by atoms with Crippen LogP contribution in [0.4, 0.5) is 5.95 Å². The predicted octanol–water partition coefficient (Wildman–Crippen LogP) is 0.528.